The second-order valence-electron chi connectivity index (χ2n) is 4.91. The van der Waals surface area contributed by atoms with Crippen molar-refractivity contribution in [1.29, 1.82) is 0 Å². The molecule has 0 saturated heterocycles. The van der Waals surface area contributed by atoms with Crippen molar-refractivity contribution in [2.45, 2.75) is 38.6 Å². The Morgan fingerprint density at radius 1 is 1.37 bits per heavy atom. The summed E-state index contributed by atoms with van der Waals surface area (Å²) in [6, 6.07) is 5.32. The average Bonchev–Trinajstić information content (AvgIpc) is 2.46. The Kier molecular flexibility index (Phi) is 4.97. The highest BCUT2D eigenvalue weighted by Crippen LogP contribution is 2.32. The van der Waals surface area contributed by atoms with Crippen LogP contribution in [0.25, 0.3) is 0 Å². The van der Waals surface area contributed by atoms with Gasteiger partial charge in [0.2, 0.25) is 0 Å². The molecule has 2 rings (SSSR count). The fraction of sp³-hybridized carbons (Fsp3) is 0.500. The highest BCUT2D eigenvalue weighted by molar-refractivity contribution is 5.36. The quantitative estimate of drug-likeness (QED) is 0.811. The number of rotatable bonds is 5. The van der Waals surface area contributed by atoms with Gasteiger partial charge in [0, 0.05) is 0 Å². The van der Waals surface area contributed by atoms with E-state index in [4.69, 9.17) is 4.74 Å². The van der Waals surface area contributed by atoms with Gasteiger partial charge in [-0.2, -0.15) is 0 Å². The van der Waals surface area contributed by atoms with E-state index in [1.165, 1.54) is 31.6 Å². The molecule has 104 valence electrons. The number of hydrogen-bond acceptors (Lipinski definition) is 2. The van der Waals surface area contributed by atoms with Crippen molar-refractivity contribution in [3.05, 3.63) is 41.2 Å². The van der Waals surface area contributed by atoms with Crippen LogP contribution in [0, 0.1) is 5.82 Å². The molecule has 0 amide bonds. The lowest BCUT2D eigenvalue weighted by molar-refractivity contribution is 0.385. The Morgan fingerprint density at radius 2 is 2.21 bits per heavy atom. The standard InChI is InChI=1S/C16H22FNO/c1-3-18-16(12-7-5-4-6-8-12)13-9-10-14(17)15(11-13)19-2/h7,9-11,16,18H,3-6,8H2,1-2H3. The second kappa shape index (κ2) is 6.71. The zero-order valence-corrected chi connectivity index (χ0v) is 11.7. The lowest BCUT2D eigenvalue weighted by Gasteiger charge is -2.25. The Balaban J connectivity index is 2.30. The molecule has 1 aliphatic carbocycles. The molecule has 0 aliphatic heterocycles. The molecule has 1 atom stereocenters. The van der Waals surface area contributed by atoms with E-state index in [9.17, 15) is 4.39 Å². The molecule has 1 unspecified atom stereocenters. The first kappa shape index (κ1) is 14.1. The van der Waals surface area contributed by atoms with Crippen LogP contribution in [0.5, 0.6) is 5.75 Å². The molecule has 0 bridgehead atoms. The van der Waals surface area contributed by atoms with E-state index in [2.05, 4.69) is 18.3 Å². The molecule has 19 heavy (non-hydrogen) atoms. The smallest absolute Gasteiger partial charge is 0.165 e. The molecule has 0 heterocycles. The van der Waals surface area contributed by atoms with Gasteiger partial charge < -0.3 is 10.1 Å². The predicted molar refractivity (Wildman–Crippen MR) is 75.9 cm³/mol. The maximum Gasteiger partial charge on any atom is 0.165 e. The van der Waals surface area contributed by atoms with Gasteiger partial charge in [0.15, 0.2) is 11.6 Å². The van der Waals surface area contributed by atoms with E-state index >= 15 is 0 Å². The molecular weight excluding hydrogens is 241 g/mol. The molecule has 3 heteroatoms. The number of halogens is 1. The van der Waals surface area contributed by atoms with Gasteiger partial charge in [-0.15, -0.1) is 0 Å². The summed E-state index contributed by atoms with van der Waals surface area (Å²) in [5.74, 6) is 0.0101. The minimum absolute atomic E-state index is 0.180. The first-order valence-corrected chi connectivity index (χ1v) is 7.02. The zero-order valence-electron chi connectivity index (χ0n) is 11.7. The van der Waals surface area contributed by atoms with Crippen molar-refractivity contribution in [1.82, 2.24) is 5.32 Å². The monoisotopic (exact) mass is 263 g/mol. The Labute approximate surface area is 114 Å². The fourth-order valence-corrected chi connectivity index (χ4v) is 2.65. The molecule has 0 radical (unpaired) electrons. The third-order valence-electron chi connectivity index (χ3n) is 3.61. The first-order valence-electron chi connectivity index (χ1n) is 7.02. The van der Waals surface area contributed by atoms with Crippen molar-refractivity contribution < 1.29 is 9.13 Å². The Bertz CT molecular complexity index is 456. The lowest BCUT2D eigenvalue weighted by Crippen LogP contribution is -2.23. The van der Waals surface area contributed by atoms with E-state index in [1.54, 1.807) is 6.07 Å². The van der Waals surface area contributed by atoms with E-state index in [1.807, 2.05) is 6.07 Å². The van der Waals surface area contributed by atoms with Crippen LogP contribution < -0.4 is 10.1 Å². The maximum absolute atomic E-state index is 13.5. The molecule has 0 aromatic heterocycles. The number of methoxy groups -OCH3 is 1. The van der Waals surface area contributed by atoms with Crippen molar-refractivity contribution in [3.8, 4) is 5.75 Å². The summed E-state index contributed by atoms with van der Waals surface area (Å²) in [6.07, 6.45) is 7.11. The molecule has 0 saturated carbocycles. The molecular formula is C16H22FNO. The number of hydrogen-bond donors (Lipinski definition) is 1. The Hall–Kier alpha value is -1.35. The van der Waals surface area contributed by atoms with Gasteiger partial charge in [0.05, 0.1) is 13.2 Å². The van der Waals surface area contributed by atoms with E-state index in [0.717, 1.165) is 24.9 Å². The number of ether oxygens (including phenoxy) is 1. The van der Waals surface area contributed by atoms with Crippen molar-refractivity contribution in [3.63, 3.8) is 0 Å². The minimum Gasteiger partial charge on any atom is -0.494 e. The van der Waals surface area contributed by atoms with Gasteiger partial charge in [0.1, 0.15) is 0 Å². The summed E-state index contributed by atoms with van der Waals surface area (Å²) in [7, 11) is 1.50. The molecule has 1 aromatic carbocycles. The van der Waals surface area contributed by atoms with Crippen LogP contribution in [0.1, 0.15) is 44.2 Å². The van der Waals surface area contributed by atoms with Gasteiger partial charge in [-0.25, -0.2) is 4.39 Å². The minimum atomic E-state index is -0.306. The van der Waals surface area contributed by atoms with Crippen LogP contribution in [-0.2, 0) is 0 Å². The fourth-order valence-electron chi connectivity index (χ4n) is 2.65. The summed E-state index contributed by atoms with van der Waals surface area (Å²) in [6.45, 7) is 2.98. The molecule has 0 spiro atoms. The summed E-state index contributed by atoms with van der Waals surface area (Å²) in [5, 5.41) is 3.49. The summed E-state index contributed by atoms with van der Waals surface area (Å²) >= 11 is 0. The number of allylic oxidation sites excluding steroid dienone is 1. The van der Waals surface area contributed by atoms with Gasteiger partial charge in [0.25, 0.3) is 0 Å². The lowest BCUT2D eigenvalue weighted by atomic mass is 9.89. The van der Waals surface area contributed by atoms with Crippen LogP contribution in [0.3, 0.4) is 0 Å². The first-order chi connectivity index (χ1) is 9.26. The number of likely N-dealkylation sites (N-methyl/N-ethyl adjacent to an activating group) is 1. The number of nitrogens with one attached hydrogen (secondary N) is 1. The highest BCUT2D eigenvalue weighted by atomic mass is 19.1. The van der Waals surface area contributed by atoms with Crippen LogP contribution in [0.15, 0.2) is 29.8 Å². The second-order valence-corrected chi connectivity index (χ2v) is 4.91. The largest absolute Gasteiger partial charge is 0.494 e. The Morgan fingerprint density at radius 3 is 2.84 bits per heavy atom. The maximum atomic E-state index is 13.5. The van der Waals surface area contributed by atoms with Crippen molar-refractivity contribution >= 4 is 0 Å². The van der Waals surface area contributed by atoms with Gasteiger partial charge in [-0.05, 0) is 49.9 Å². The van der Waals surface area contributed by atoms with E-state index < -0.39 is 0 Å². The van der Waals surface area contributed by atoms with Crippen LogP contribution in [0.2, 0.25) is 0 Å². The summed E-state index contributed by atoms with van der Waals surface area (Å²) in [4.78, 5) is 0. The topological polar surface area (TPSA) is 21.3 Å². The van der Waals surface area contributed by atoms with E-state index in [-0.39, 0.29) is 11.9 Å². The van der Waals surface area contributed by atoms with Crippen LogP contribution >= 0.6 is 0 Å². The predicted octanol–water partition coefficient (Wildman–Crippen LogP) is 3.99. The summed E-state index contributed by atoms with van der Waals surface area (Å²) in [5.41, 5.74) is 2.50. The number of benzene rings is 1. The van der Waals surface area contributed by atoms with Gasteiger partial charge >= 0.3 is 0 Å². The van der Waals surface area contributed by atoms with Crippen LogP contribution in [0.4, 0.5) is 4.39 Å². The molecule has 1 aliphatic rings. The molecule has 0 fully saturated rings. The third kappa shape index (κ3) is 3.35. The third-order valence-corrected chi connectivity index (χ3v) is 3.61. The normalized spacial score (nSPS) is 16.9. The van der Waals surface area contributed by atoms with Crippen molar-refractivity contribution in [2.24, 2.45) is 0 Å². The summed E-state index contributed by atoms with van der Waals surface area (Å²) < 4.78 is 18.6. The molecule has 1 aromatic rings. The van der Waals surface area contributed by atoms with Gasteiger partial charge in [-0.3, -0.25) is 0 Å². The zero-order chi connectivity index (χ0) is 13.7. The average molecular weight is 263 g/mol. The van der Waals surface area contributed by atoms with Gasteiger partial charge in [-0.1, -0.05) is 24.6 Å². The SMILES string of the molecule is CCNC(C1=CCCCC1)c1ccc(F)c(OC)c1. The highest BCUT2D eigenvalue weighted by Gasteiger charge is 2.18. The molecule has 2 nitrogen and oxygen atoms in total. The van der Waals surface area contributed by atoms with E-state index in [0.29, 0.717) is 5.75 Å². The molecule has 1 N–H and O–H groups in total. The van der Waals surface area contributed by atoms with Crippen molar-refractivity contribution in [2.75, 3.05) is 13.7 Å². The van der Waals surface area contributed by atoms with Crippen LogP contribution in [-0.4, -0.2) is 13.7 Å².